The van der Waals surface area contributed by atoms with Crippen molar-refractivity contribution in [3.05, 3.63) is 249 Å². The third-order valence-electron chi connectivity index (χ3n) is 12.3. The molecule has 3 aromatic heterocycles. The molecule has 0 N–H and O–H groups in total. The first-order valence-corrected chi connectivity index (χ1v) is 22.7. The summed E-state index contributed by atoms with van der Waals surface area (Å²) in [7, 11) is 0. The molecule has 0 saturated carbocycles. The van der Waals surface area contributed by atoms with E-state index in [2.05, 4.69) is 155 Å². The number of fused-ring (bicyclic) bond motifs is 3. The van der Waals surface area contributed by atoms with E-state index in [1.54, 1.807) is 0 Å². The summed E-state index contributed by atoms with van der Waals surface area (Å²) in [5, 5.41) is 2.22. The lowest BCUT2D eigenvalue weighted by atomic mass is 10.0. The predicted molar refractivity (Wildman–Crippen MR) is 277 cm³/mol. The normalized spacial score (nSPS) is 11.2. The van der Waals surface area contributed by atoms with E-state index in [0.717, 1.165) is 89.2 Å². The molecule has 320 valence electrons. The number of nitrogens with zero attached hydrogens (tertiary/aromatic N) is 7. The van der Waals surface area contributed by atoms with E-state index in [1.165, 1.54) is 0 Å². The zero-order valence-electron chi connectivity index (χ0n) is 36.8. The SMILES string of the molecule is c1ccc(-c2ccc3c(c2)c2cc(N(c4ccccc4)c4nc(-c5ccccc5)cc(-c5ccccc5)n4)ccc2n3-c2ccc(-c3nc(-c4ccccc4)nc(-c4ccccc4)n3)cc2)cc1. The number of rotatable bonds is 10. The standard InChI is InChI=1S/C61H41N7/c1-7-19-42(20-8-1)48-33-37-56-52(39-48)53-40-51(67(49-29-17-6-18-30-49)61-62-54(43-21-9-2-10-22-43)41-55(63-61)44-23-11-3-12-24-44)36-38-57(53)68(56)50-34-31-47(32-35-50)60-65-58(45-25-13-4-14-26-45)64-59(66-60)46-27-15-5-16-28-46/h1-41H. The van der Waals surface area contributed by atoms with Crippen LogP contribution in [0.3, 0.4) is 0 Å². The number of hydrogen-bond donors (Lipinski definition) is 0. The van der Waals surface area contributed by atoms with Gasteiger partial charge in [0.25, 0.3) is 0 Å². The highest BCUT2D eigenvalue weighted by molar-refractivity contribution is 6.12. The van der Waals surface area contributed by atoms with Crippen molar-refractivity contribution in [3.63, 3.8) is 0 Å². The molecule has 0 atom stereocenters. The number of benzene rings is 9. The van der Waals surface area contributed by atoms with Crippen LogP contribution in [0.1, 0.15) is 0 Å². The van der Waals surface area contributed by atoms with E-state index >= 15 is 0 Å². The van der Waals surface area contributed by atoms with Crippen LogP contribution >= 0.6 is 0 Å². The topological polar surface area (TPSA) is 72.6 Å². The maximum atomic E-state index is 5.31. The van der Waals surface area contributed by atoms with Gasteiger partial charge in [-0.05, 0) is 83.9 Å². The smallest absolute Gasteiger partial charge is 0.235 e. The van der Waals surface area contributed by atoms with Crippen molar-refractivity contribution in [2.24, 2.45) is 0 Å². The van der Waals surface area contributed by atoms with Gasteiger partial charge in [0.15, 0.2) is 17.5 Å². The fourth-order valence-electron chi connectivity index (χ4n) is 8.94. The molecule has 0 amide bonds. The molecule has 7 heteroatoms. The summed E-state index contributed by atoms with van der Waals surface area (Å²) in [6, 6.07) is 85.8. The van der Waals surface area contributed by atoms with Gasteiger partial charge in [0.05, 0.1) is 22.4 Å². The van der Waals surface area contributed by atoms with Crippen molar-refractivity contribution in [2.75, 3.05) is 4.90 Å². The van der Waals surface area contributed by atoms with Crippen molar-refractivity contribution in [2.45, 2.75) is 0 Å². The molecule has 7 nitrogen and oxygen atoms in total. The Hall–Kier alpha value is -9.33. The van der Waals surface area contributed by atoms with Gasteiger partial charge < -0.3 is 4.57 Å². The molecule has 0 aliphatic heterocycles. The lowest BCUT2D eigenvalue weighted by molar-refractivity contribution is 1.07. The van der Waals surface area contributed by atoms with Gasteiger partial charge in [-0.25, -0.2) is 24.9 Å². The maximum Gasteiger partial charge on any atom is 0.235 e. The van der Waals surface area contributed by atoms with Crippen LogP contribution in [0.25, 0.3) is 95.3 Å². The first kappa shape index (κ1) is 40.2. The fraction of sp³-hybridized carbons (Fsp3) is 0. The van der Waals surface area contributed by atoms with Crippen LogP contribution in [0.2, 0.25) is 0 Å². The van der Waals surface area contributed by atoms with E-state index in [1.807, 2.05) is 103 Å². The fourth-order valence-corrected chi connectivity index (χ4v) is 8.94. The van der Waals surface area contributed by atoms with Crippen LogP contribution in [-0.2, 0) is 0 Å². The molecule has 9 aromatic carbocycles. The highest BCUT2D eigenvalue weighted by atomic mass is 15.3. The molecule has 0 saturated heterocycles. The molecule has 0 unspecified atom stereocenters. The lowest BCUT2D eigenvalue weighted by Gasteiger charge is -2.24. The second-order valence-electron chi connectivity index (χ2n) is 16.6. The largest absolute Gasteiger partial charge is 0.309 e. The maximum absolute atomic E-state index is 5.31. The number of aromatic nitrogens is 6. The highest BCUT2D eigenvalue weighted by Gasteiger charge is 2.22. The van der Waals surface area contributed by atoms with E-state index in [9.17, 15) is 0 Å². The zero-order valence-corrected chi connectivity index (χ0v) is 36.8. The van der Waals surface area contributed by atoms with Crippen molar-refractivity contribution in [1.29, 1.82) is 0 Å². The van der Waals surface area contributed by atoms with Gasteiger partial charge in [0.2, 0.25) is 5.95 Å². The van der Waals surface area contributed by atoms with Crippen LogP contribution in [-0.4, -0.2) is 29.5 Å². The predicted octanol–water partition coefficient (Wildman–Crippen LogP) is 15.2. The monoisotopic (exact) mass is 871 g/mol. The van der Waals surface area contributed by atoms with Crippen LogP contribution in [0.5, 0.6) is 0 Å². The number of para-hydroxylation sites is 1. The average molecular weight is 872 g/mol. The summed E-state index contributed by atoms with van der Waals surface area (Å²) >= 11 is 0. The van der Waals surface area contributed by atoms with Crippen LogP contribution in [0.4, 0.5) is 17.3 Å². The molecule has 0 spiro atoms. The molecule has 0 fully saturated rings. The third kappa shape index (κ3) is 7.74. The summed E-state index contributed by atoms with van der Waals surface area (Å²) in [6.45, 7) is 0. The Morgan fingerprint density at radius 3 is 1.18 bits per heavy atom. The van der Waals surface area contributed by atoms with E-state index in [4.69, 9.17) is 24.9 Å². The second kappa shape index (κ2) is 17.6. The summed E-state index contributed by atoms with van der Waals surface area (Å²) in [5.41, 5.74) is 13.8. The first-order chi connectivity index (χ1) is 33.7. The van der Waals surface area contributed by atoms with E-state index in [-0.39, 0.29) is 0 Å². The molecule has 0 aliphatic rings. The third-order valence-corrected chi connectivity index (χ3v) is 12.3. The summed E-state index contributed by atoms with van der Waals surface area (Å²) in [4.78, 5) is 27.7. The van der Waals surface area contributed by atoms with Gasteiger partial charge in [0, 0.05) is 55.7 Å². The minimum absolute atomic E-state index is 0.573. The lowest BCUT2D eigenvalue weighted by Crippen LogP contribution is -2.14. The van der Waals surface area contributed by atoms with Gasteiger partial charge in [-0.2, -0.15) is 0 Å². The Morgan fingerprint density at radius 1 is 0.279 bits per heavy atom. The molecule has 3 heterocycles. The van der Waals surface area contributed by atoms with Gasteiger partial charge in [0.1, 0.15) is 0 Å². The van der Waals surface area contributed by atoms with Crippen LogP contribution in [0.15, 0.2) is 249 Å². The van der Waals surface area contributed by atoms with Crippen molar-refractivity contribution < 1.29 is 0 Å². The Balaban J connectivity index is 1.03. The van der Waals surface area contributed by atoms with Gasteiger partial charge in [-0.3, -0.25) is 4.90 Å². The number of hydrogen-bond acceptors (Lipinski definition) is 6. The molecule has 0 radical (unpaired) electrons. The molecule has 12 aromatic rings. The Labute approximate surface area is 394 Å². The van der Waals surface area contributed by atoms with E-state index in [0.29, 0.717) is 23.4 Å². The molecule has 0 bridgehead atoms. The summed E-state index contributed by atoms with van der Waals surface area (Å²) in [6.07, 6.45) is 0. The molecular weight excluding hydrogens is 831 g/mol. The highest BCUT2D eigenvalue weighted by Crippen LogP contribution is 2.41. The van der Waals surface area contributed by atoms with Crippen LogP contribution in [0, 0.1) is 0 Å². The Kier molecular flexibility index (Phi) is 10.4. The van der Waals surface area contributed by atoms with Gasteiger partial charge in [-0.15, -0.1) is 0 Å². The van der Waals surface area contributed by atoms with Crippen molar-refractivity contribution in [1.82, 2.24) is 29.5 Å². The molecule has 68 heavy (non-hydrogen) atoms. The summed E-state index contributed by atoms with van der Waals surface area (Å²) in [5.74, 6) is 2.44. The van der Waals surface area contributed by atoms with E-state index < -0.39 is 0 Å². The Morgan fingerprint density at radius 2 is 0.676 bits per heavy atom. The quantitative estimate of drug-likeness (QED) is 0.136. The van der Waals surface area contributed by atoms with Crippen LogP contribution < -0.4 is 4.90 Å². The Bertz CT molecular complexity index is 3580. The van der Waals surface area contributed by atoms with Crippen molar-refractivity contribution >= 4 is 39.1 Å². The van der Waals surface area contributed by atoms with Gasteiger partial charge >= 0.3 is 0 Å². The first-order valence-electron chi connectivity index (χ1n) is 22.7. The molecular formula is C61H41N7. The number of anilines is 3. The summed E-state index contributed by atoms with van der Waals surface area (Å²) < 4.78 is 2.35. The average Bonchev–Trinajstić information content (AvgIpc) is 3.75. The van der Waals surface area contributed by atoms with Gasteiger partial charge in [-0.1, -0.05) is 176 Å². The minimum atomic E-state index is 0.573. The molecule has 0 aliphatic carbocycles. The van der Waals surface area contributed by atoms with Crippen molar-refractivity contribution in [3.8, 4) is 73.5 Å². The second-order valence-corrected chi connectivity index (χ2v) is 16.6. The molecule has 12 rings (SSSR count). The minimum Gasteiger partial charge on any atom is -0.309 e. The zero-order chi connectivity index (χ0) is 45.2.